The first-order valence-electron chi connectivity index (χ1n) is 6.93. The molecule has 1 saturated carbocycles. The van der Waals surface area contributed by atoms with Crippen molar-refractivity contribution in [2.45, 2.75) is 44.2 Å². The van der Waals surface area contributed by atoms with Gasteiger partial charge in [0, 0.05) is 36.1 Å². The molecule has 2 fully saturated rings. The van der Waals surface area contributed by atoms with E-state index >= 15 is 0 Å². The Kier molecular flexibility index (Phi) is 3.68. The van der Waals surface area contributed by atoms with Gasteiger partial charge in [-0.2, -0.15) is 0 Å². The highest BCUT2D eigenvalue weighted by molar-refractivity contribution is 7.16. The summed E-state index contributed by atoms with van der Waals surface area (Å²) in [5.74, 6) is 0. The summed E-state index contributed by atoms with van der Waals surface area (Å²) in [5.41, 5.74) is 0.410. The molecule has 1 N–H and O–H groups in total. The molecule has 1 unspecified atom stereocenters. The first kappa shape index (κ1) is 12.9. The largest absolute Gasteiger partial charge is 0.309 e. The molecule has 0 bridgehead atoms. The van der Waals surface area contributed by atoms with Crippen molar-refractivity contribution < 1.29 is 0 Å². The van der Waals surface area contributed by atoms with Gasteiger partial charge in [0.15, 0.2) is 0 Å². The highest BCUT2D eigenvalue weighted by Gasteiger charge is 2.38. The Hall–Kier alpha value is -0.0900. The minimum atomic E-state index is 0.410. The summed E-state index contributed by atoms with van der Waals surface area (Å²) in [6, 6.07) is 4.70. The summed E-state index contributed by atoms with van der Waals surface area (Å²) in [6.07, 6.45) is 5.48. The zero-order valence-electron chi connectivity index (χ0n) is 10.9. The van der Waals surface area contributed by atoms with Gasteiger partial charge in [0.2, 0.25) is 0 Å². The molecule has 1 spiro atoms. The van der Waals surface area contributed by atoms with Crippen molar-refractivity contribution in [3.8, 4) is 0 Å². The fourth-order valence-corrected chi connectivity index (χ4v) is 4.59. The van der Waals surface area contributed by atoms with Crippen LogP contribution in [0.5, 0.6) is 0 Å². The minimum Gasteiger partial charge on any atom is -0.309 e. The van der Waals surface area contributed by atoms with Gasteiger partial charge in [0.1, 0.15) is 0 Å². The lowest BCUT2D eigenvalue weighted by molar-refractivity contribution is 0.102. The molecule has 1 aromatic heterocycles. The van der Waals surface area contributed by atoms with Gasteiger partial charge in [-0.3, -0.25) is 4.90 Å². The molecule has 3 rings (SSSR count). The summed E-state index contributed by atoms with van der Waals surface area (Å²) in [7, 11) is 0. The van der Waals surface area contributed by atoms with Crippen molar-refractivity contribution in [1.82, 2.24) is 10.2 Å². The first-order valence-corrected chi connectivity index (χ1v) is 8.12. The summed E-state index contributed by atoms with van der Waals surface area (Å²) in [5, 5.41) is 3.77. The summed E-state index contributed by atoms with van der Waals surface area (Å²) in [6.45, 7) is 5.79. The highest BCUT2D eigenvalue weighted by atomic mass is 35.5. The third kappa shape index (κ3) is 2.46. The molecule has 2 aliphatic rings. The van der Waals surface area contributed by atoms with E-state index in [0.29, 0.717) is 11.6 Å². The van der Waals surface area contributed by atoms with Crippen LogP contribution in [0.15, 0.2) is 12.1 Å². The molecule has 0 aromatic carbocycles. The Bertz CT molecular complexity index is 412. The molecule has 1 aliphatic carbocycles. The predicted molar refractivity (Wildman–Crippen MR) is 78.5 cm³/mol. The van der Waals surface area contributed by atoms with Crippen LogP contribution < -0.4 is 5.32 Å². The highest BCUT2D eigenvalue weighted by Crippen LogP contribution is 2.36. The Balaban J connectivity index is 1.72. The number of nitrogens with one attached hydrogen (secondary N) is 1. The monoisotopic (exact) mass is 284 g/mol. The molecule has 18 heavy (non-hydrogen) atoms. The molecule has 4 heteroatoms. The summed E-state index contributed by atoms with van der Waals surface area (Å²) in [4.78, 5) is 4.03. The molecule has 0 amide bonds. The van der Waals surface area contributed by atoms with Crippen LogP contribution in [-0.2, 0) is 0 Å². The maximum Gasteiger partial charge on any atom is 0.0931 e. The Morgan fingerprint density at radius 3 is 2.83 bits per heavy atom. The maximum absolute atomic E-state index is 6.05. The lowest BCUT2D eigenvalue weighted by Gasteiger charge is -2.44. The quantitative estimate of drug-likeness (QED) is 0.891. The molecule has 1 aliphatic heterocycles. The maximum atomic E-state index is 6.05. The molecule has 0 radical (unpaired) electrons. The van der Waals surface area contributed by atoms with Gasteiger partial charge in [0.25, 0.3) is 0 Å². The molecule has 1 saturated heterocycles. The average molecular weight is 285 g/mol. The third-order valence-electron chi connectivity index (χ3n) is 4.52. The molecular formula is C14H21ClN2S. The number of hydrogen-bond acceptors (Lipinski definition) is 3. The standard InChI is InChI=1S/C14H21ClN2S/c1-11(12-4-5-13(15)18-12)17-9-8-16-14(10-17)6-2-3-7-14/h4-5,11,16H,2-3,6-10H2,1H3. The normalized spacial score (nSPS) is 25.7. The van der Waals surface area contributed by atoms with E-state index in [1.54, 1.807) is 11.3 Å². The van der Waals surface area contributed by atoms with E-state index in [1.807, 2.05) is 6.07 Å². The molecule has 1 aromatic rings. The molecule has 2 heterocycles. The Labute approximate surface area is 118 Å². The lowest BCUT2D eigenvalue weighted by atomic mass is 9.93. The van der Waals surface area contributed by atoms with Gasteiger partial charge >= 0.3 is 0 Å². The molecule has 2 nitrogen and oxygen atoms in total. The number of rotatable bonds is 2. The molecule has 1 atom stereocenters. The number of piperazine rings is 1. The average Bonchev–Trinajstić information content (AvgIpc) is 2.98. The zero-order valence-corrected chi connectivity index (χ0v) is 12.5. The smallest absolute Gasteiger partial charge is 0.0931 e. The minimum absolute atomic E-state index is 0.410. The van der Waals surface area contributed by atoms with Gasteiger partial charge in [-0.05, 0) is 31.9 Å². The van der Waals surface area contributed by atoms with Crippen LogP contribution in [0.3, 0.4) is 0 Å². The van der Waals surface area contributed by atoms with E-state index in [4.69, 9.17) is 11.6 Å². The Morgan fingerprint density at radius 2 is 2.17 bits per heavy atom. The second kappa shape index (κ2) is 5.12. The zero-order chi connectivity index (χ0) is 12.6. The number of halogens is 1. The molecular weight excluding hydrogens is 264 g/mol. The van der Waals surface area contributed by atoms with E-state index in [0.717, 1.165) is 17.4 Å². The van der Waals surface area contributed by atoms with Crippen molar-refractivity contribution in [3.63, 3.8) is 0 Å². The van der Waals surface area contributed by atoms with Crippen molar-refractivity contribution in [2.24, 2.45) is 0 Å². The summed E-state index contributed by atoms with van der Waals surface area (Å²) >= 11 is 7.78. The topological polar surface area (TPSA) is 15.3 Å². The lowest BCUT2D eigenvalue weighted by Crippen LogP contribution is -2.59. The van der Waals surface area contributed by atoms with E-state index in [9.17, 15) is 0 Å². The fraction of sp³-hybridized carbons (Fsp3) is 0.714. The van der Waals surface area contributed by atoms with Crippen LogP contribution in [0, 0.1) is 0 Å². The second-order valence-corrected chi connectivity index (χ2v) is 7.45. The van der Waals surface area contributed by atoms with Gasteiger partial charge in [0.05, 0.1) is 4.34 Å². The van der Waals surface area contributed by atoms with E-state index in [-0.39, 0.29) is 0 Å². The van der Waals surface area contributed by atoms with Crippen molar-refractivity contribution in [1.29, 1.82) is 0 Å². The van der Waals surface area contributed by atoms with Crippen LogP contribution in [0.2, 0.25) is 4.34 Å². The van der Waals surface area contributed by atoms with Crippen LogP contribution in [-0.4, -0.2) is 30.1 Å². The van der Waals surface area contributed by atoms with Crippen LogP contribution >= 0.6 is 22.9 Å². The van der Waals surface area contributed by atoms with E-state index in [1.165, 1.54) is 37.1 Å². The van der Waals surface area contributed by atoms with Crippen LogP contribution in [0.4, 0.5) is 0 Å². The molecule has 100 valence electrons. The van der Waals surface area contributed by atoms with E-state index < -0.39 is 0 Å². The van der Waals surface area contributed by atoms with Crippen molar-refractivity contribution >= 4 is 22.9 Å². The second-order valence-electron chi connectivity index (χ2n) is 5.70. The van der Waals surface area contributed by atoms with Crippen molar-refractivity contribution in [3.05, 3.63) is 21.3 Å². The summed E-state index contributed by atoms with van der Waals surface area (Å²) < 4.78 is 0.905. The van der Waals surface area contributed by atoms with Crippen LogP contribution in [0.1, 0.15) is 43.5 Å². The number of hydrogen-bond donors (Lipinski definition) is 1. The van der Waals surface area contributed by atoms with Gasteiger partial charge in [-0.25, -0.2) is 0 Å². The fourth-order valence-electron chi connectivity index (χ4n) is 3.44. The first-order chi connectivity index (χ1) is 8.69. The Morgan fingerprint density at radius 1 is 1.39 bits per heavy atom. The van der Waals surface area contributed by atoms with E-state index in [2.05, 4.69) is 23.2 Å². The van der Waals surface area contributed by atoms with Crippen molar-refractivity contribution in [2.75, 3.05) is 19.6 Å². The SMILES string of the molecule is CC(c1ccc(Cl)s1)N1CCNC2(CCCC2)C1. The van der Waals surface area contributed by atoms with Gasteiger partial charge < -0.3 is 5.32 Å². The van der Waals surface area contributed by atoms with Gasteiger partial charge in [-0.1, -0.05) is 24.4 Å². The third-order valence-corrected chi connectivity index (χ3v) is 5.92. The number of thiophene rings is 1. The number of nitrogens with zero attached hydrogens (tertiary/aromatic N) is 1. The van der Waals surface area contributed by atoms with Gasteiger partial charge in [-0.15, -0.1) is 11.3 Å². The predicted octanol–water partition coefficient (Wildman–Crippen LogP) is 3.68. The van der Waals surface area contributed by atoms with Crippen LogP contribution in [0.25, 0.3) is 0 Å².